The molecule has 0 aliphatic heterocycles. The van der Waals surface area contributed by atoms with E-state index in [1.54, 1.807) is 74.4 Å². The predicted octanol–water partition coefficient (Wildman–Crippen LogP) is 18.8. The maximum Gasteiger partial charge on any atom is 0.123 e. The van der Waals surface area contributed by atoms with E-state index in [1.807, 2.05) is 182 Å². The Kier molecular flexibility index (Phi) is 27.7. The summed E-state index contributed by atoms with van der Waals surface area (Å²) in [5, 5.41) is 0. The number of hydrogen-bond donors (Lipinski definition) is 0. The molecule has 12 heterocycles. The highest BCUT2D eigenvalue weighted by molar-refractivity contribution is 5.61. The number of unbranched alkanes of at least 4 members (excludes halogenated alkanes) is 6. The maximum atomic E-state index is 6.58. The molecule has 0 aliphatic carbocycles. The average Bonchev–Trinajstić information content (AvgIpc) is 0.765. The molecule has 0 bridgehead atoms. The summed E-state index contributed by atoms with van der Waals surface area (Å²) in [5.41, 5.74) is 18.2. The molecule has 12 aromatic heterocycles. The van der Waals surface area contributed by atoms with Crippen molar-refractivity contribution in [2.24, 2.45) is 0 Å². The molecule has 0 saturated carbocycles. The van der Waals surface area contributed by atoms with Gasteiger partial charge in [0.1, 0.15) is 34.5 Å². The van der Waals surface area contributed by atoms with Crippen LogP contribution < -0.4 is 28.4 Å². The Morgan fingerprint density at radius 2 is 0.315 bits per heavy atom. The highest BCUT2D eigenvalue weighted by Crippen LogP contribution is 2.37. The Hall–Kier alpha value is -12.2. The monoisotopic (exact) mass is 1430 g/mol. The van der Waals surface area contributed by atoms with Gasteiger partial charge in [-0.05, 0) is 258 Å². The van der Waals surface area contributed by atoms with E-state index in [0.29, 0.717) is 39.6 Å². The molecule has 18 heteroatoms. The molecule has 0 atom stereocenters. The molecule has 1 aromatic carbocycles. The summed E-state index contributed by atoms with van der Waals surface area (Å²) in [5.74, 6) is 4.63. The third-order valence-corrected chi connectivity index (χ3v) is 18.7. The summed E-state index contributed by atoms with van der Waals surface area (Å²) >= 11 is 0. The van der Waals surface area contributed by atoms with Crippen LogP contribution >= 0.6 is 0 Å². The van der Waals surface area contributed by atoms with Crippen molar-refractivity contribution in [3.8, 4) is 103 Å². The Morgan fingerprint density at radius 3 is 0.463 bits per heavy atom. The van der Waals surface area contributed by atoms with Crippen LogP contribution in [0.3, 0.4) is 0 Å². The van der Waals surface area contributed by atoms with Crippen molar-refractivity contribution < 1.29 is 28.4 Å². The molecule has 13 rings (SSSR count). The van der Waals surface area contributed by atoms with Crippen molar-refractivity contribution in [3.63, 3.8) is 0 Å². The van der Waals surface area contributed by atoms with Crippen LogP contribution in [0.25, 0.3) is 68.3 Å². The zero-order valence-corrected chi connectivity index (χ0v) is 61.0. The first-order valence-corrected chi connectivity index (χ1v) is 37.8. The van der Waals surface area contributed by atoms with Gasteiger partial charge < -0.3 is 28.4 Å². The van der Waals surface area contributed by atoms with Gasteiger partial charge >= 0.3 is 0 Å². The highest BCUT2D eigenvalue weighted by atomic mass is 16.5. The molecule has 0 amide bonds. The van der Waals surface area contributed by atoms with Crippen LogP contribution in [-0.4, -0.2) is 99.4 Å². The Morgan fingerprint density at radius 1 is 0.157 bits per heavy atom. The van der Waals surface area contributed by atoms with E-state index < -0.39 is 0 Å². The van der Waals surface area contributed by atoms with Gasteiger partial charge in [0.05, 0.1) is 108 Å². The lowest BCUT2D eigenvalue weighted by molar-refractivity contribution is 0.304. The van der Waals surface area contributed by atoms with Gasteiger partial charge in [0.25, 0.3) is 0 Å². The molecule has 18 nitrogen and oxygen atoms in total. The number of rotatable bonds is 42. The van der Waals surface area contributed by atoms with Gasteiger partial charge in [0.15, 0.2) is 0 Å². The fourth-order valence-corrected chi connectivity index (χ4v) is 13.4. The maximum absolute atomic E-state index is 6.58. The van der Waals surface area contributed by atoms with Crippen molar-refractivity contribution in [3.05, 3.63) is 290 Å². The van der Waals surface area contributed by atoms with Crippen LogP contribution in [0.2, 0.25) is 0 Å². The van der Waals surface area contributed by atoms with Crippen LogP contribution in [0.4, 0.5) is 0 Å². The molecular weight excluding hydrogens is 1350 g/mol. The topological polar surface area (TPSA) is 210 Å². The summed E-state index contributed by atoms with van der Waals surface area (Å²) in [6.07, 6.45) is 37.4. The van der Waals surface area contributed by atoms with E-state index >= 15 is 0 Å². The molecule has 108 heavy (non-hydrogen) atoms. The molecule has 0 fully saturated rings. The van der Waals surface area contributed by atoms with Crippen molar-refractivity contribution in [2.45, 2.75) is 116 Å². The van der Waals surface area contributed by atoms with Crippen molar-refractivity contribution >= 4 is 0 Å². The smallest absolute Gasteiger partial charge is 0.123 e. The summed E-state index contributed by atoms with van der Waals surface area (Å²) in [7, 11) is 0. The lowest BCUT2D eigenvalue weighted by Crippen LogP contribution is -2.16. The second-order valence-corrected chi connectivity index (χ2v) is 26.3. The largest absolute Gasteiger partial charge is 0.493 e. The molecular formula is C90H90N12O6. The molecule has 0 saturated heterocycles. The Balaban J connectivity index is 0.835. The van der Waals surface area contributed by atoms with E-state index in [4.69, 9.17) is 28.4 Å². The molecule has 0 radical (unpaired) electrons. The Bertz CT molecular complexity index is 4050. The van der Waals surface area contributed by atoms with Crippen LogP contribution in [0, 0.1) is 0 Å². The highest BCUT2D eigenvalue weighted by Gasteiger charge is 2.24. The van der Waals surface area contributed by atoms with Crippen LogP contribution in [0.1, 0.15) is 110 Å². The van der Waals surface area contributed by atoms with E-state index in [-0.39, 0.29) is 0 Å². The van der Waals surface area contributed by atoms with Gasteiger partial charge in [0.2, 0.25) is 0 Å². The van der Waals surface area contributed by atoms with Gasteiger partial charge in [-0.3, -0.25) is 59.8 Å². The normalized spacial score (nSPS) is 11.1. The quantitative estimate of drug-likeness (QED) is 0.0326. The number of aromatic nitrogens is 12. The number of pyridine rings is 12. The van der Waals surface area contributed by atoms with Crippen molar-refractivity contribution in [2.75, 3.05) is 39.6 Å². The lowest BCUT2D eigenvalue weighted by Gasteiger charge is -2.28. The van der Waals surface area contributed by atoms with Gasteiger partial charge in [0, 0.05) is 111 Å². The first-order valence-electron chi connectivity index (χ1n) is 37.8. The standard InChI is InChI=1S/C90H90N12O6/c1-13-43-91-79(31-1)85-61-67(37-49-97-85)103-55-19-7-25-73-74(26-8-20-56-104-68-38-50-98-86(62-68)80-32-2-14-44-92-80)76(28-10-22-58-106-70-40-52-100-88(64-70)82-34-4-16-46-94-82)78(30-12-24-60-108-72-42-54-102-90(66-72)84-36-6-18-48-96-84)77(29-11-23-59-107-71-41-53-101-89(65-71)83-35-5-17-47-95-83)75(73)27-9-21-57-105-69-39-51-99-87(63-69)81-33-3-15-45-93-81/h1-6,13-18,31-54,61-66H,7-12,19-30,55-60H2. The zero-order chi connectivity index (χ0) is 73.3. The van der Waals surface area contributed by atoms with Crippen LogP contribution in [0.5, 0.6) is 34.5 Å². The lowest BCUT2D eigenvalue weighted by atomic mass is 9.77. The van der Waals surface area contributed by atoms with E-state index in [1.165, 1.54) is 33.4 Å². The minimum absolute atomic E-state index is 0.546. The zero-order valence-electron chi connectivity index (χ0n) is 61.0. The molecule has 13 aromatic rings. The van der Waals surface area contributed by atoms with Crippen LogP contribution in [-0.2, 0) is 38.5 Å². The average molecular weight is 1440 g/mol. The number of hydrogen-bond acceptors (Lipinski definition) is 18. The first kappa shape index (κ1) is 74.1. The molecule has 546 valence electrons. The number of ether oxygens (including phenoxy) is 6. The fourth-order valence-electron chi connectivity index (χ4n) is 13.4. The number of benzene rings is 1. The first-order chi connectivity index (χ1) is 53.6. The summed E-state index contributed by atoms with van der Waals surface area (Å²) in [4.78, 5) is 55.3. The van der Waals surface area contributed by atoms with E-state index in [0.717, 1.165) is 218 Å². The fraction of sp³-hybridized carbons (Fsp3) is 0.267. The van der Waals surface area contributed by atoms with Crippen molar-refractivity contribution in [1.82, 2.24) is 59.8 Å². The molecule has 0 N–H and O–H groups in total. The third kappa shape index (κ3) is 22.0. The second kappa shape index (κ2) is 40.4. The third-order valence-electron chi connectivity index (χ3n) is 18.7. The van der Waals surface area contributed by atoms with Crippen molar-refractivity contribution in [1.29, 1.82) is 0 Å². The predicted molar refractivity (Wildman–Crippen MR) is 422 cm³/mol. The SMILES string of the molecule is c1ccc(-c2cc(OCCCCc3c(CCCCOc4ccnc(-c5ccccn5)c4)c(CCCCOc4ccnc(-c5ccccn5)c4)c(CCCCOc4ccnc(-c5ccccn5)c4)c(CCCCOc4ccnc(-c5ccccn5)c4)c3CCCCOc3ccnc(-c4ccccn4)c3)ccn2)nc1. The van der Waals surface area contributed by atoms with E-state index in [2.05, 4.69) is 59.8 Å². The number of nitrogens with zero attached hydrogens (tertiary/aromatic N) is 12. The molecule has 0 spiro atoms. The van der Waals surface area contributed by atoms with Gasteiger partial charge in [-0.15, -0.1) is 0 Å². The molecule has 0 aliphatic rings. The van der Waals surface area contributed by atoms with Gasteiger partial charge in [-0.25, -0.2) is 0 Å². The minimum atomic E-state index is 0.546. The summed E-state index contributed by atoms with van der Waals surface area (Å²) in [6.45, 7) is 3.28. The summed E-state index contributed by atoms with van der Waals surface area (Å²) < 4.78 is 39.5. The Labute approximate surface area is 632 Å². The van der Waals surface area contributed by atoms with Gasteiger partial charge in [-0.2, -0.15) is 0 Å². The minimum Gasteiger partial charge on any atom is -0.493 e. The van der Waals surface area contributed by atoms with E-state index in [9.17, 15) is 0 Å². The molecule has 0 unspecified atom stereocenters. The van der Waals surface area contributed by atoms with Gasteiger partial charge in [-0.1, -0.05) is 36.4 Å². The summed E-state index contributed by atoms with van der Waals surface area (Å²) in [6, 6.07) is 58.7. The van der Waals surface area contributed by atoms with Crippen LogP contribution in [0.15, 0.2) is 256 Å². The second-order valence-electron chi connectivity index (χ2n) is 26.3.